The van der Waals surface area contributed by atoms with E-state index in [1.165, 1.54) is 18.6 Å². The van der Waals surface area contributed by atoms with Crippen molar-refractivity contribution in [2.75, 3.05) is 18.0 Å². The summed E-state index contributed by atoms with van der Waals surface area (Å²) in [6, 6.07) is 6.05. The molecule has 1 aromatic carbocycles. The lowest BCUT2D eigenvalue weighted by Gasteiger charge is -2.29. The van der Waals surface area contributed by atoms with E-state index in [1.54, 1.807) is 17.0 Å². The minimum Gasteiger partial charge on any atom is -0.329 e. The summed E-state index contributed by atoms with van der Waals surface area (Å²) in [5.74, 6) is -0.0522. The summed E-state index contributed by atoms with van der Waals surface area (Å²) in [6.07, 6.45) is 5.38. The van der Waals surface area contributed by atoms with Gasteiger partial charge in [-0.2, -0.15) is 0 Å². The lowest BCUT2D eigenvalue weighted by Crippen LogP contribution is -2.40. The van der Waals surface area contributed by atoms with Crippen LogP contribution in [0.4, 0.5) is 10.1 Å². The van der Waals surface area contributed by atoms with Gasteiger partial charge in [0.1, 0.15) is 5.82 Å². The number of nitrogens with zero attached hydrogens (tertiary/aromatic N) is 1. The number of rotatable bonds is 4. The molecular formula is C15H21FN2O. The average molecular weight is 264 g/mol. The van der Waals surface area contributed by atoms with Crippen LogP contribution in [0.15, 0.2) is 24.3 Å². The van der Waals surface area contributed by atoms with Gasteiger partial charge in [-0.25, -0.2) is 4.39 Å². The van der Waals surface area contributed by atoms with Crippen molar-refractivity contribution in [3.63, 3.8) is 0 Å². The minimum atomic E-state index is -0.290. The second-order valence-electron chi connectivity index (χ2n) is 5.09. The van der Waals surface area contributed by atoms with Gasteiger partial charge in [-0.1, -0.05) is 19.3 Å². The molecule has 3 nitrogen and oxygen atoms in total. The molecule has 0 aromatic heterocycles. The fourth-order valence-corrected chi connectivity index (χ4v) is 2.69. The maximum absolute atomic E-state index is 13.0. The van der Waals surface area contributed by atoms with Gasteiger partial charge in [-0.05, 0) is 37.1 Å². The van der Waals surface area contributed by atoms with E-state index in [0.29, 0.717) is 13.1 Å². The molecule has 1 saturated carbocycles. The molecule has 0 bridgehead atoms. The zero-order chi connectivity index (χ0) is 13.7. The quantitative estimate of drug-likeness (QED) is 0.908. The highest BCUT2D eigenvalue weighted by Crippen LogP contribution is 2.27. The van der Waals surface area contributed by atoms with Gasteiger partial charge in [-0.3, -0.25) is 4.79 Å². The smallest absolute Gasteiger partial charge is 0.230 e. The number of carbonyl (C=O) groups excluding carboxylic acids is 1. The van der Waals surface area contributed by atoms with E-state index in [0.717, 1.165) is 31.4 Å². The van der Waals surface area contributed by atoms with Gasteiger partial charge in [0.2, 0.25) is 5.91 Å². The summed E-state index contributed by atoms with van der Waals surface area (Å²) >= 11 is 0. The Labute approximate surface area is 113 Å². The molecule has 1 fully saturated rings. The first-order valence-corrected chi connectivity index (χ1v) is 6.99. The molecule has 2 rings (SSSR count). The van der Waals surface area contributed by atoms with Crippen LogP contribution >= 0.6 is 0 Å². The first-order valence-electron chi connectivity index (χ1n) is 6.99. The Balaban J connectivity index is 2.14. The van der Waals surface area contributed by atoms with Gasteiger partial charge in [0.25, 0.3) is 0 Å². The molecule has 0 aliphatic heterocycles. The minimum absolute atomic E-state index is 0.102. The number of benzene rings is 1. The highest BCUT2D eigenvalue weighted by Gasteiger charge is 2.26. The van der Waals surface area contributed by atoms with Crippen LogP contribution in [-0.4, -0.2) is 19.0 Å². The van der Waals surface area contributed by atoms with E-state index in [4.69, 9.17) is 5.73 Å². The van der Waals surface area contributed by atoms with E-state index in [1.807, 2.05) is 0 Å². The summed E-state index contributed by atoms with van der Waals surface area (Å²) in [5.41, 5.74) is 6.33. The predicted octanol–water partition coefficient (Wildman–Crippen LogP) is 2.70. The standard InChI is InChI=1S/C15H21FN2O/c16-13-6-8-14(9-7-13)18(11-10-17)15(19)12-4-2-1-3-5-12/h6-9,12H,1-5,10-11,17H2. The third kappa shape index (κ3) is 3.53. The average Bonchev–Trinajstić information content (AvgIpc) is 2.46. The molecule has 0 radical (unpaired) electrons. The topological polar surface area (TPSA) is 46.3 Å². The molecule has 0 heterocycles. The molecule has 1 aliphatic rings. The summed E-state index contributed by atoms with van der Waals surface area (Å²) in [6.45, 7) is 0.900. The van der Waals surface area contributed by atoms with Crippen molar-refractivity contribution in [1.29, 1.82) is 0 Å². The van der Waals surface area contributed by atoms with Crippen molar-refractivity contribution in [2.45, 2.75) is 32.1 Å². The fourth-order valence-electron chi connectivity index (χ4n) is 2.69. The van der Waals surface area contributed by atoms with E-state index in [2.05, 4.69) is 0 Å². The number of hydrogen-bond acceptors (Lipinski definition) is 2. The molecule has 1 aliphatic carbocycles. The van der Waals surface area contributed by atoms with E-state index >= 15 is 0 Å². The van der Waals surface area contributed by atoms with Crippen molar-refractivity contribution in [3.05, 3.63) is 30.1 Å². The maximum atomic E-state index is 13.0. The Morgan fingerprint density at radius 1 is 1.21 bits per heavy atom. The van der Waals surface area contributed by atoms with Crippen LogP contribution in [0.25, 0.3) is 0 Å². The van der Waals surface area contributed by atoms with Crippen LogP contribution in [0, 0.1) is 11.7 Å². The van der Waals surface area contributed by atoms with Crippen molar-refractivity contribution >= 4 is 11.6 Å². The van der Waals surface area contributed by atoms with Crippen LogP contribution in [0.2, 0.25) is 0 Å². The monoisotopic (exact) mass is 264 g/mol. The van der Waals surface area contributed by atoms with E-state index in [-0.39, 0.29) is 17.6 Å². The third-order valence-electron chi connectivity index (χ3n) is 3.71. The number of carbonyl (C=O) groups is 1. The zero-order valence-electron chi connectivity index (χ0n) is 11.1. The molecule has 0 saturated heterocycles. The van der Waals surface area contributed by atoms with Crippen LogP contribution in [0.1, 0.15) is 32.1 Å². The van der Waals surface area contributed by atoms with E-state index < -0.39 is 0 Å². The lowest BCUT2D eigenvalue weighted by atomic mass is 9.88. The summed E-state index contributed by atoms with van der Waals surface area (Å²) in [7, 11) is 0. The number of halogens is 1. The van der Waals surface area contributed by atoms with Gasteiger partial charge in [-0.15, -0.1) is 0 Å². The first-order chi connectivity index (χ1) is 9.22. The number of nitrogens with two attached hydrogens (primary N) is 1. The second kappa shape index (κ2) is 6.66. The highest BCUT2D eigenvalue weighted by atomic mass is 19.1. The molecule has 4 heteroatoms. The Hall–Kier alpha value is -1.42. The van der Waals surface area contributed by atoms with Crippen LogP contribution in [0.5, 0.6) is 0 Å². The summed E-state index contributed by atoms with van der Waals surface area (Å²) in [5, 5.41) is 0. The molecule has 2 N–H and O–H groups in total. The predicted molar refractivity (Wildman–Crippen MR) is 74.4 cm³/mol. The van der Waals surface area contributed by atoms with Crippen molar-refractivity contribution in [1.82, 2.24) is 0 Å². The van der Waals surface area contributed by atoms with Gasteiger partial charge >= 0.3 is 0 Å². The third-order valence-corrected chi connectivity index (χ3v) is 3.71. The highest BCUT2D eigenvalue weighted by molar-refractivity contribution is 5.95. The van der Waals surface area contributed by atoms with Crippen molar-refractivity contribution < 1.29 is 9.18 Å². The largest absolute Gasteiger partial charge is 0.329 e. The molecule has 1 aromatic rings. The van der Waals surface area contributed by atoms with Gasteiger partial charge < -0.3 is 10.6 Å². The number of hydrogen-bond donors (Lipinski definition) is 1. The fraction of sp³-hybridized carbons (Fsp3) is 0.533. The van der Waals surface area contributed by atoms with Gasteiger partial charge in [0.05, 0.1) is 0 Å². The second-order valence-corrected chi connectivity index (χ2v) is 5.09. The van der Waals surface area contributed by atoms with Crippen LogP contribution in [-0.2, 0) is 4.79 Å². The molecule has 0 unspecified atom stereocenters. The lowest BCUT2D eigenvalue weighted by molar-refractivity contribution is -0.123. The molecule has 19 heavy (non-hydrogen) atoms. The molecular weight excluding hydrogens is 243 g/mol. The van der Waals surface area contributed by atoms with E-state index in [9.17, 15) is 9.18 Å². The first kappa shape index (κ1) is 14.0. The normalized spacial score (nSPS) is 16.3. The molecule has 104 valence electrons. The Morgan fingerprint density at radius 3 is 2.42 bits per heavy atom. The summed E-state index contributed by atoms with van der Waals surface area (Å²) < 4.78 is 13.0. The van der Waals surface area contributed by atoms with Gasteiger partial charge in [0.15, 0.2) is 0 Å². The van der Waals surface area contributed by atoms with Crippen molar-refractivity contribution in [3.8, 4) is 0 Å². The molecule has 1 amide bonds. The SMILES string of the molecule is NCCN(C(=O)C1CCCCC1)c1ccc(F)cc1. The van der Waals surface area contributed by atoms with Crippen LogP contribution in [0.3, 0.4) is 0 Å². The number of anilines is 1. The maximum Gasteiger partial charge on any atom is 0.230 e. The Bertz CT molecular complexity index is 413. The summed E-state index contributed by atoms with van der Waals surface area (Å²) in [4.78, 5) is 14.3. The molecule has 0 atom stereocenters. The molecule has 0 spiro atoms. The van der Waals surface area contributed by atoms with Crippen LogP contribution < -0.4 is 10.6 Å². The van der Waals surface area contributed by atoms with Crippen molar-refractivity contribution in [2.24, 2.45) is 11.7 Å². The zero-order valence-corrected chi connectivity index (χ0v) is 11.1. The van der Waals surface area contributed by atoms with Gasteiger partial charge in [0, 0.05) is 24.7 Å². The Morgan fingerprint density at radius 2 is 1.84 bits per heavy atom. The number of amides is 1. The Kier molecular flexibility index (Phi) is 4.91.